The molecular weight excluding hydrogens is 196 g/mol. The first-order valence-electron chi connectivity index (χ1n) is 6.11. The second-order valence-electron chi connectivity index (χ2n) is 4.67. The van der Waals surface area contributed by atoms with Crippen molar-refractivity contribution >= 4 is 5.69 Å². The molecule has 0 radical (unpaired) electrons. The van der Waals surface area contributed by atoms with Crippen molar-refractivity contribution in [1.29, 1.82) is 0 Å². The van der Waals surface area contributed by atoms with Crippen LogP contribution in [0, 0.1) is 5.41 Å². The van der Waals surface area contributed by atoms with Gasteiger partial charge in [0.15, 0.2) is 0 Å². The van der Waals surface area contributed by atoms with Crippen LogP contribution >= 0.6 is 0 Å². The number of benzene rings is 1. The van der Waals surface area contributed by atoms with Crippen LogP contribution in [-0.4, -0.2) is 20.1 Å². The maximum Gasteiger partial charge on any atom is 0.0366 e. The van der Waals surface area contributed by atoms with Gasteiger partial charge >= 0.3 is 0 Å². The highest BCUT2D eigenvalue weighted by molar-refractivity contribution is 5.47. The molecule has 16 heavy (non-hydrogen) atoms. The van der Waals surface area contributed by atoms with E-state index in [1.165, 1.54) is 38.7 Å². The van der Waals surface area contributed by atoms with Gasteiger partial charge in [0, 0.05) is 18.8 Å². The third-order valence-corrected chi connectivity index (χ3v) is 3.53. The monoisotopic (exact) mass is 220 g/mol. The van der Waals surface area contributed by atoms with Crippen LogP contribution in [0.4, 0.5) is 5.69 Å². The molecule has 2 N–H and O–H groups in total. The van der Waals surface area contributed by atoms with Crippen molar-refractivity contribution in [3.63, 3.8) is 0 Å². The summed E-state index contributed by atoms with van der Waals surface area (Å²) in [6.45, 7) is 7.13. The first-order valence-corrected chi connectivity index (χ1v) is 6.11. The van der Waals surface area contributed by atoms with Crippen molar-refractivity contribution in [2.45, 2.75) is 26.7 Å². The minimum atomic E-state index is 0.538. The van der Waals surface area contributed by atoms with E-state index in [4.69, 9.17) is 0 Å². The van der Waals surface area contributed by atoms with E-state index >= 15 is 0 Å². The van der Waals surface area contributed by atoms with Crippen molar-refractivity contribution in [3.8, 4) is 0 Å². The van der Waals surface area contributed by atoms with Gasteiger partial charge in [-0.25, -0.2) is 0 Å². The quantitative estimate of drug-likeness (QED) is 0.830. The minimum absolute atomic E-state index is 0.538. The minimum Gasteiger partial charge on any atom is -0.371 e. The fourth-order valence-electron chi connectivity index (χ4n) is 2.17. The highest BCUT2D eigenvalue weighted by Crippen LogP contribution is 2.35. The van der Waals surface area contributed by atoms with E-state index in [1.54, 1.807) is 0 Å². The standard InChI is InChI=1S/C13H19N.CH5N/c1-3-13(2)9-10-14(11-13)12-7-5-4-6-8-12;1-2/h4-8H,3,9-11H2,1-2H3;2H2,1H3. The van der Waals surface area contributed by atoms with Crippen molar-refractivity contribution in [1.82, 2.24) is 0 Å². The maximum atomic E-state index is 4.50. The molecular formula is C14H24N2. The zero-order valence-corrected chi connectivity index (χ0v) is 10.7. The number of hydrogen-bond donors (Lipinski definition) is 1. The Hall–Kier alpha value is -1.02. The van der Waals surface area contributed by atoms with E-state index < -0.39 is 0 Å². The van der Waals surface area contributed by atoms with Gasteiger partial charge in [-0.3, -0.25) is 0 Å². The van der Waals surface area contributed by atoms with Crippen molar-refractivity contribution in [2.75, 3.05) is 25.0 Å². The molecule has 1 aromatic rings. The third-order valence-electron chi connectivity index (χ3n) is 3.53. The fourth-order valence-corrected chi connectivity index (χ4v) is 2.17. The van der Waals surface area contributed by atoms with Gasteiger partial charge in [0.25, 0.3) is 0 Å². The molecule has 1 aliphatic rings. The predicted molar refractivity (Wildman–Crippen MR) is 71.8 cm³/mol. The lowest BCUT2D eigenvalue weighted by atomic mass is 9.87. The van der Waals surface area contributed by atoms with Crippen molar-refractivity contribution in [2.24, 2.45) is 11.1 Å². The third kappa shape index (κ3) is 2.99. The molecule has 1 atom stereocenters. The summed E-state index contributed by atoms with van der Waals surface area (Å²) in [5.41, 5.74) is 6.42. The highest BCUT2D eigenvalue weighted by atomic mass is 15.2. The summed E-state index contributed by atoms with van der Waals surface area (Å²) in [6, 6.07) is 10.7. The van der Waals surface area contributed by atoms with Crippen LogP contribution in [0.5, 0.6) is 0 Å². The lowest BCUT2D eigenvalue weighted by Crippen LogP contribution is -2.23. The molecule has 2 nitrogen and oxygen atoms in total. The van der Waals surface area contributed by atoms with Crippen molar-refractivity contribution in [3.05, 3.63) is 30.3 Å². The molecule has 1 fully saturated rings. The average molecular weight is 220 g/mol. The molecule has 0 amide bonds. The fraction of sp³-hybridized carbons (Fsp3) is 0.571. The van der Waals surface area contributed by atoms with E-state index in [2.05, 4.69) is 54.8 Å². The molecule has 1 heterocycles. The van der Waals surface area contributed by atoms with Gasteiger partial charge in [-0.2, -0.15) is 0 Å². The smallest absolute Gasteiger partial charge is 0.0366 e. The summed E-state index contributed by atoms with van der Waals surface area (Å²) in [6.07, 6.45) is 2.62. The molecule has 1 saturated heterocycles. The molecule has 2 rings (SSSR count). The molecule has 1 aromatic carbocycles. The number of nitrogens with zero attached hydrogens (tertiary/aromatic N) is 1. The second kappa shape index (κ2) is 5.90. The van der Waals surface area contributed by atoms with Crippen LogP contribution in [0.2, 0.25) is 0 Å². The largest absolute Gasteiger partial charge is 0.371 e. The highest BCUT2D eigenvalue weighted by Gasteiger charge is 2.31. The number of nitrogens with two attached hydrogens (primary N) is 1. The van der Waals surface area contributed by atoms with Gasteiger partial charge in [0.2, 0.25) is 0 Å². The lowest BCUT2D eigenvalue weighted by Gasteiger charge is -2.23. The number of para-hydroxylation sites is 1. The van der Waals surface area contributed by atoms with Crippen LogP contribution in [-0.2, 0) is 0 Å². The number of hydrogen-bond acceptors (Lipinski definition) is 2. The summed E-state index contributed by atoms with van der Waals surface area (Å²) in [7, 11) is 1.50. The Morgan fingerprint density at radius 3 is 2.38 bits per heavy atom. The molecule has 0 saturated carbocycles. The Morgan fingerprint density at radius 1 is 1.25 bits per heavy atom. The Balaban J connectivity index is 0.000000606. The molecule has 1 unspecified atom stereocenters. The molecule has 0 bridgehead atoms. The van der Waals surface area contributed by atoms with Crippen LogP contribution in [0.1, 0.15) is 26.7 Å². The molecule has 90 valence electrons. The van der Waals surface area contributed by atoms with Gasteiger partial charge in [-0.15, -0.1) is 0 Å². The van der Waals surface area contributed by atoms with Gasteiger partial charge < -0.3 is 10.6 Å². The molecule has 2 heteroatoms. The molecule has 0 aliphatic carbocycles. The van der Waals surface area contributed by atoms with Crippen LogP contribution in [0.3, 0.4) is 0 Å². The van der Waals surface area contributed by atoms with Gasteiger partial charge in [-0.05, 0) is 37.4 Å². The Bertz CT molecular complexity index is 297. The van der Waals surface area contributed by atoms with E-state index in [0.29, 0.717) is 5.41 Å². The van der Waals surface area contributed by atoms with Gasteiger partial charge in [-0.1, -0.05) is 32.0 Å². The normalized spacial score (nSPS) is 23.9. The SMILES string of the molecule is CCC1(C)CCN(c2ccccc2)C1.CN. The number of rotatable bonds is 2. The van der Waals surface area contributed by atoms with Gasteiger partial charge in [0.05, 0.1) is 0 Å². The molecule has 1 aliphatic heterocycles. The van der Waals surface area contributed by atoms with Crippen LogP contribution in [0.15, 0.2) is 30.3 Å². The zero-order valence-electron chi connectivity index (χ0n) is 10.7. The number of anilines is 1. The maximum absolute atomic E-state index is 4.50. The summed E-state index contributed by atoms with van der Waals surface area (Å²) < 4.78 is 0. The Morgan fingerprint density at radius 2 is 1.88 bits per heavy atom. The molecule has 0 aromatic heterocycles. The summed E-state index contributed by atoms with van der Waals surface area (Å²) >= 11 is 0. The first kappa shape index (κ1) is 13.0. The van der Waals surface area contributed by atoms with E-state index in [1.807, 2.05) is 0 Å². The van der Waals surface area contributed by atoms with Gasteiger partial charge in [0.1, 0.15) is 0 Å². The average Bonchev–Trinajstić information content (AvgIpc) is 2.77. The topological polar surface area (TPSA) is 29.3 Å². The van der Waals surface area contributed by atoms with Crippen molar-refractivity contribution < 1.29 is 0 Å². The molecule has 0 spiro atoms. The Labute approximate surface area is 99.5 Å². The zero-order chi connectivity index (χ0) is 12.0. The first-order chi connectivity index (χ1) is 7.73. The predicted octanol–water partition coefficient (Wildman–Crippen LogP) is 2.89. The van der Waals surface area contributed by atoms with E-state index in [-0.39, 0.29) is 0 Å². The Kier molecular flexibility index (Phi) is 4.81. The summed E-state index contributed by atoms with van der Waals surface area (Å²) in [5, 5.41) is 0. The second-order valence-corrected chi connectivity index (χ2v) is 4.67. The van der Waals surface area contributed by atoms with E-state index in [0.717, 1.165) is 0 Å². The lowest BCUT2D eigenvalue weighted by molar-refractivity contribution is 0.355. The van der Waals surface area contributed by atoms with Crippen LogP contribution < -0.4 is 10.6 Å². The summed E-state index contributed by atoms with van der Waals surface area (Å²) in [4.78, 5) is 2.50. The van der Waals surface area contributed by atoms with Crippen LogP contribution in [0.25, 0.3) is 0 Å². The van der Waals surface area contributed by atoms with E-state index in [9.17, 15) is 0 Å². The summed E-state index contributed by atoms with van der Waals surface area (Å²) in [5.74, 6) is 0.